The summed E-state index contributed by atoms with van der Waals surface area (Å²) in [4.78, 5) is 0. The van der Waals surface area contributed by atoms with Crippen molar-refractivity contribution < 1.29 is 0 Å². The number of aryl methyl sites for hydroxylation is 1. The molecule has 1 saturated carbocycles. The van der Waals surface area contributed by atoms with Gasteiger partial charge in [0.25, 0.3) is 0 Å². The summed E-state index contributed by atoms with van der Waals surface area (Å²) >= 11 is 6.73. The van der Waals surface area contributed by atoms with Gasteiger partial charge in [-0.25, -0.2) is 0 Å². The molecule has 1 heteroatoms. The Hall–Kier alpha value is -1.01. The first-order chi connectivity index (χ1) is 9.21. The summed E-state index contributed by atoms with van der Waals surface area (Å²) in [5, 5.41) is 1.00. The second-order valence-electron chi connectivity index (χ2n) is 5.96. The summed E-state index contributed by atoms with van der Waals surface area (Å²) in [6.45, 7) is 2.12. The van der Waals surface area contributed by atoms with Gasteiger partial charge in [-0.05, 0) is 56.6 Å². The van der Waals surface area contributed by atoms with Gasteiger partial charge >= 0.3 is 0 Å². The molecule has 0 saturated heterocycles. The monoisotopic (exact) mass is 272 g/mol. The van der Waals surface area contributed by atoms with Crippen LogP contribution in [0.4, 0.5) is 0 Å². The molecule has 3 rings (SSSR count). The number of halogens is 1. The fraction of sp³-hybridized carbons (Fsp3) is 0.444. The van der Waals surface area contributed by atoms with Crippen LogP contribution in [0.25, 0.3) is 5.03 Å². The number of allylic oxidation sites excluding steroid dienone is 3. The van der Waals surface area contributed by atoms with Gasteiger partial charge in [0, 0.05) is 10.4 Å². The molecule has 0 heterocycles. The minimum atomic E-state index is 0.278. The average Bonchev–Trinajstić information content (AvgIpc) is 2.83. The number of rotatable bonds is 1. The molecular formula is C18H21Cl. The van der Waals surface area contributed by atoms with Crippen molar-refractivity contribution >= 4 is 16.6 Å². The normalized spacial score (nSPS) is 28.9. The summed E-state index contributed by atoms with van der Waals surface area (Å²) in [6, 6.07) is 8.61. The first-order valence-corrected chi connectivity index (χ1v) is 7.73. The SMILES string of the molecule is Cc1ccc(/C(Cl)=C2/CCCC23C=CCCC3)cc1. The smallest absolute Gasteiger partial charge is 0.0479 e. The maximum absolute atomic E-state index is 6.73. The van der Waals surface area contributed by atoms with Crippen molar-refractivity contribution in [2.45, 2.75) is 45.4 Å². The molecule has 0 amide bonds. The Morgan fingerprint density at radius 1 is 1.11 bits per heavy atom. The Morgan fingerprint density at radius 2 is 1.84 bits per heavy atom. The highest BCUT2D eigenvalue weighted by molar-refractivity contribution is 6.49. The van der Waals surface area contributed by atoms with Crippen LogP contribution < -0.4 is 0 Å². The van der Waals surface area contributed by atoms with Crippen LogP contribution in [0.15, 0.2) is 42.0 Å². The molecule has 1 aromatic rings. The Balaban J connectivity index is 2.02. The predicted molar refractivity (Wildman–Crippen MR) is 83.2 cm³/mol. The van der Waals surface area contributed by atoms with E-state index in [0.29, 0.717) is 0 Å². The van der Waals surface area contributed by atoms with E-state index < -0.39 is 0 Å². The van der Waals surface area contributed by atoms with Crippen molar-refractivity contribution in [2.75, 3.05) is 0 Å². The highest BCUT2D eigenvalue weighted by Crippen LogP contribution is 2.52. The van der Waals surface area contributed by atoms with Crippen molar-refractivity contribution in [3.05, 3.63) is 53.1 Å². The minimum absolute atomic E-state index is 0.278. The van der Waals surface area contributed by atoms with Crippen LogP contribution in [0.2, 0.25) is 0 Å². The number of hydrogen-bond donors (Lipinski definition) is 0. The summed E-state index contributed by atoms with van der Waals surface area (Å²) in [5.41, 5.74) is 4.23. The van der Waals surface area contributed by atoms with Crippen LogP contribution in [0, 0.1) is 12.3 Å². The Kier molecular flexibility index (Phi) is 3.54. The second-order valence-corrected chi connectivity index (χ2v) is 6.34. The van der Waals surface area contributed by atoms with E-state index in [9.17, 15) is 0 Å². The van der Waals surface area contributed by atoms with Crippen molar-refractivity contribution in [3.63, 3.8) is 0 Å². The van der Waals surface area contributed by atoms with Gasteiger partial charge < -0.3 is 0 Å². The van der Waals surface area contributed by atoms with E-state index in [4.69, 9.17) is 11.6 Å². The third kappa shape index (κ3) is 2.39. The highest BCUT2D eigenvalue weighted by atomic mass is 35.5. The fourth-order valence-electron chi connectivity index (χ4n) is 3.57. The lowest BCUT2D eigenvalue weighted by molar-refractivity contribution is 0.404. The van der Waals surface area contributed by atoms with Gasteiger partial charge in [0.2, 0.25) is 0 Å². The van der Waals surface area contributed by atoms with E-state index in [1.54, 1.807) is 0 Å². The summed E-state index contributed by atoms with van der Waals surface area (Å²) in [5.74, 6) is 0. The topological polar surface area (TPSA) is 0 Å². The van der Waals surface area contributed by atoms with Crippen molar-refractivity contribution in [1.29, 1.82) is 0 Å². The van der Waals surface area contributed by atoms with E-state index in [-0.39, 0.29) is 5.41 Å². The van der Waals surface area contributed by atoms with E-state index in [1.807, 2.05) is 0 Å². The summed E-state index contributed by atoms with van der Waals surface area (Å²) in [7, 11) is 0. The molecule has 1 unspecified atom stereocenters. The molecular weight excluding hydrogens is 252 g/mol. The lowest BCUT2D eigenvalue weighted by Crippen LogP contribution is -2.18. The van der Waals surface area contributed by atoms with Crippen LogP contribution in [0.3, 0.4) is 0 Å². The summed E-state index contributed by atoms with van der Waals surface area (Å²) in [6.07, 6.45) is 12.3. The second kappa shape index (κ2) is 5.17. The molecule has 0 aromatic heterocycles. The van der Waals surface area contributed by atoms with Gasteiger partial charge in [0.05, 0.1) is 0 Å². The van der Waals surface area contributed by atoms with E-state index >= 15 is 0 Å². The summed E-state index contributed by atoms with van der Waals surface area (Å²) < 4.78 is 0. The third-order valence-electron chi connectivity index (χ3n) is 4.65. The van der Waals surface area contributed by atoms with Crippen LogP contribution >= 0.6 is 11.6 Å². The Bertz CT molecular complexity index is 521. The average molecular weight is 273 g/mol. The first-order valence-electron chi connectivity index (χ1n) is 7.35. The molecule has 1 atom stereocenters. The molecule has 2 aliphatic rings. The molecule has 2 aliphatic carbocycles. The molecule has 19 heavy (non-hydrogen) atoms. The van der Waals surface area contributed by atoms with Crippen LogP contribution in [-0.4, -0.2) is 0 Å². The molecule has 1 aromatic carbocycles. The van der Waals surface area contributed by atoms with Gasteiger partial charge in [-0.1, -0.05) is 53.6 Å². The van der Waals surface area contributed by atoms with Gasteiger partial charge in [0.15, 0.2) is 0 Å². The molecule has 0 aliphatic heterocycles. The molecule has 100 valence electrons. The van der Waals surface area contributed by atoms with Crippen LogP contribution in [-0.2, 0) is 0 Å². The van der Waals surface area contributed by atoms with E-state index in [1.165, 1.54) is 48.8 Å². The molecule has 0 N–H and O–H groups in total. The van der Waals surface area contributed by atoms with E-state index in [2.05, 4.69) is 43.3 Å². The Labute approximate surface area is 121 Å². The Morgan fingerprint density at radius 3 is 2.53 bits per heavy atom. The van der Waals surface area contributed by atoms with Crippen molar-refractivity contribution in [3.8, 4) is 0 Å². The van der Waals surface area contributed by atoms with Gasteiger partial charge in [-0.2, -0.15) is 0 Å². The molecule has 1 spiro atoms. The highest BCUT2D eigenvalue weighted by Gasteiger charge is 2.38. The zero-order valence-corrected chi connectivity index (χ0v) is 12.3. The number of benzene rings is 1. The molecule has 0 bridgehead atoms. The minimum Gasteiger partial charge on any atom is -0.0877 e. The van der Waals surface area contributed by atoms with Crippen LogP contribution in [0.1, 0.15) is 49.7 Å². The van der Waals surface area contributed by atoms with Crippen LogP contribution in [0.5, 0.6) is 0 Å². The van der Waals surface area contributed by atoms with E-state index in [0.717, 1.165) is 11.5 Å². The fourth-order valence-corrected chi connectivity index (χ4v) is 3.98. The first kappa shape index (κ1) is 13.0. The van der Waals surface area contributed by atoms with Crippen molar-refractivity contribution in [2.24, 2.45) is 5.41 Å². The van der Waals surface area contributed by atoms with Gasteiger partial charge in [0.1, 0.15) is 0 Å². The molecule has 0 radical (unpaired) electrons. The van der Waals surface area contributed by atoms with Crippen molar-refractivity contribution in [1.82, 2.24) is 0 Å². The van der Waals surface area contributed by atoms with Gasteiger partial charge in [-0.3, -0.25) is 0 Å². The van der Waals surface area contributed by atoms with Gasteiger partial charge in [-0.15, -0.1) is 0 Å². The zero-order valence-electron chi connectivity index (χ0n) is 11.6. The lowest BCUT2D eigenvalue weighted by atomic mass is 9.74. The lowest BCUT2D eigenvalue weighted by Gasteiger charge is -2.31. The quantitative estimate of drug-likeness (QED) is 0.562. The predicted octanol–water partition coefficient (Wildman–Crippen LogP) is 5.86. The molecule has 0 nitrogen and oxygen atoms in total. The maximum atomic E-state index is 6.73. The maximum Gasteiger partial charge on any atom is 0.0479 e. The standard InChI is InChI=1S/C18H21Cl/c1-14-7-9-15(10-8-14)17(19)16-6-5-13-18(16)11-3-2-4-12-18/h3,7-11H,2,4-6,12-13H2,1H3/b17-16+. The number of hydrogen-bond acceptors (Lipinski definition) is 0. The largest absolute Gasteiger partial charge is 0.0877 e. The zero-order chi connectivity index (χ0) is 13.3. The molecule has 1 fully saturated rings. The third-order valence-corrected chi connectivity index (χ3v) is 5.10.